The van der Waals surface area contributed by atoms with E-state index in [1.54, 1.807) is 6.92 Å². The van der Waals surface area contributed by atoms with Crippen LogP contribution in [0.1, 0.15) is 6.92 Å². The van der Waals surface area contributed by atoms with Crippen molar-refractivity contribution in [1.82, 2.24) is 4.31 Å². The first kappa shape index (κ1) is 13.4. The Balaban J connectivity index is 2.67. The summed E-state index contributed by atoms with van der Waals surface area (Å²) in [5, 5.41) is 8.90. The van der Waals surface area contributed by atoms with Crippen molar-refractivity contribution in [3.05, 3.63) is 0 Å². The standard InChI is InChI=1S/C9H17NO5S/c1-7-5-10(6-8(7)9(11)12)16(13,14)4-3-15-2/h7-8H,3-6H2,1-2H3,(H,11,12). The van der Waals surface area contributed by atoms with Gasteiger partial charge in [0.15, 0.2) is 0 Å². The Labute approximate surface area is 95.2 Å². The average Bonchev–Trinajstić information content (AvgIpc) is 2.58. The normalized spacial score (nSPS) is 27.1. The number of methoxy groups -OCH3 is 1. The van der Waals surface area contributed by atoms with Crippen LogP contribution < -0.4 is 0 Å². The summed E-state index contributed by atoms with van der Waals surface area (Å²) >= 11 is 0. The van der Waals surface area contributed by atoms with E-state index in [1.807, 2.05) is 0 Å². The second-order valence-corrected chi connectivity index (χ2v) is 6.14. The second kappa shape index (κ2) is 5.11. The fourth-order valence-corrected chi connectivity index (χ4v) is 3.27. The van der Waals surface area contributed by atoms with Crippen LogP contribution in [0.2, 0.25) is 0 Å². The number of hydrogen-bond donors (Lipinski definition) is 1. The molecule has 0 spiro atoms. The zero-order chi connectivity index (χ0) is 12.3. The van der Waals surface area contributed by atoms with Crippen LogP contribution in [0.15, 0.2) is 0 Å². The van der Waals surface area contributed by atoms with Gasteiger partial charge in [0.1, 0.15) is 0 Å². The number of sulfonamides is 1. The van der Waals surface area contributed by atoms with Gasteiger partial charge in [-0.15, -0.1) is 0 Å². The Morgan fingerprint density at radius 3 is 2.56 bits per heavy atom. The highest BCUT2D eigenvalue weighted by molar-refractivity contribution is 7.89. The first-order chi connectivity index (χ1) is 7.38. The molecule has 0 bridgehead atoms. The summed E-state index contributed by atoms with van der Waals surface area (Å²) in [6, 6.07) is 0. The van der Waals surface area contributed by atoms with Crippen LogP contribution in [-0.4, -0.2) is 56.4 Å². The minimum absolute atomic E-state index is 0.0720. The van der Waals surface area contributed by atoms with Gasteiger partial charge in [-0.05, 0) is 5.92 Å². The van der Waals surface area contributed by atoms with Crippen LogP contribution in [0.4, 0.5) is 0 Å². The van der Waals surface area contributed by atoms with E-state index in [9.17, 15) is 13.2 Å². The molecule has 16 heavy (non-hydrogen) atoms. The molecule has 0 aromatic rings. The molecule has 0 saturated carbocycles. The zero-order valence-corrected chi connectivity index (χ0v) is 10.2. The highest BCUT2D eigenvalue weighted by Gasteiger charge is 2.39. The van der Waals surface area contributed by atoms with Crippen molar-refractivity contribution in [3.63, 3.8) is 0 Å². The summed E-state index contributed by atoms with van der Waals surface area (Å²) in [7, 11) is -1.94. The molecule has 0 aliphatic carbocycles. The second-order valence-electron chi connectivity index (χ2n) is 4.05. The molecule has 2 atom stereocenters. The third kappa shape index (κ3) is 2.93. The highest BCUT2D eigenvalue weighted by Crippen LogP contribution is 2.25. The lowest BCUT2D eigenvalue weighted by Gasteiger charge is -2.15. The molecule has 1 aliphatic heterocycles. The quantitative estimate of drug-likeness (QED) is 0.719. The summed E-state index contributed by atoms with van der Waals surface area (Å²) in [4.78, 5) is 10.9. The van der Waals surface area contributed by atoms with Crippen molar-refractivity contribution in [1.29, 1.82) is 0 Å². The van der Waals surface area contributed by atoms with Crippen molar-refractivity contribution in [3.8, 4) is 0 Å². The Morgan fingerprint density at radius 2 is 2.12 bits per heavy atom. The molecule has 1 fully saturated rings. The average molecular weight is 251 g/mol. The van der Waals surface area contributed by atoms with Gasteiger partial charge in [-0.1, -0.05) is 6.92 Å². The van der Waals surface area contributed by atoms with E-state index in [0.717, 1.165) is 0 Å². The largest absolute Gasteiger partial charge is 0.481 e. The molecule has 6 nitrogen and oxygen atoms in total. The number of carboxylic acid groups (broad SMARTS) is 1. The smallest absolute Gasteiger partial charge is 0.308 e. The van der Waals surface area contributed by atoms with Crippen LogP contribution in [0.3, 0.4) is 0 Å². The fourth-order valence-electron chi connectivity index (χ4n) is 1.79. The number of nitrogens with zero attached hydrogens (tertiary/aromatic N) is 1. The van der Waals surface area contributed by atoms with Gasteiger partial charge in [-0.2, -0.15) is 0 Å². The zero-order valence-electron chi connectivity index (χ0n) is 9.42. The first-order valence-electron chi connectivity index (χ1n) is 5.08. The monoisotopic (exact) mass is 251 g/mol. The van der Waals surface area contributed by atoms with Crippen LogP contribution in [0.25, 0.3) is 0 Å². The van der Waals surface area contributed by atoms with Crippen molar-refractivity contribution in [2.45, 2.75) is 6.92 Å². The predicted molar refractivity (Wildman–Crippen MR) is 57.5 cm³/mol. The number of rotatable bonds is 5. The third-order valence-electron chi connectivity index (χ3n) is 2.83. The fraction of sp³-hybridized carbons (Fsp3) is 0.889. The van der Waals surface area contributed by atoms with Gasteiger partial charge in [-0.3, -0.25) is 4.79 Å². The molecule has 0 radical (unpaired) electrons. The molecule has 1 saturated heterocycles. The van der Waals surface area contributed by atoms with E-state index in [-0.39, 0.29) is 31.4 Å². The SMILES string of the molecule is COCCS(=O)(=O)N1CC(C)C(C(=O)O)C1. The van der Waals surface area contributed by atoms with Crippen molar-refractivity contribution < 1.29 is 23.1 Å². The van der Waals surface area contributed by atoms with Crippen LogP contribution in [0, 0.1) is 11.8 Å². The maximum atomic E-state index is 11.8. The lowest BCUT2D eigenvalue weighted by molar-refractivity contribution is -0.142. The van der Waals surface area contributed by atoms with Crippen molar-refractivity contribution in [2.24, 2.45) is 11.8 Å². The number of hydrogen-bond acceptors (Lipinski definition) is 4. The molecule has 2 unspecified atom stereocenters. The topological polar surface area (TPSA) is 83.9 Å². The Kier molecular flexibility index (Phi) is 4.28. The van der Waals surface area contributed by atoms with Gasteiger partial charge >= 0.3 is 5.97 Å². The van der Waals surface area contributed by atoms with Crippen LogP contribution in [-0.2, 0) is 19.6 Å². The molecule has 7 heteroatoms. The molecular formula is C9H17NO5S. The Bertz CT molecular complexity index is 353. The van der Waals surface area contributed by atoms with Crippen molar-refractivity contribution in [2.75, 3.05) is 32.6 Å². The Hall–Kier alpha value is -0.660. The van der Waals surface area contributed by atoms with Gasteiger partial charge in [0.2, 0.25) is 10.0 Å². The highest BCUT2D eigenvalue weighted by atomic mass is 32.2. The van der Waals surface area contributed by atoms with E-state index in [0.29, 0.717) is 0 Å². The van der Waals surface area contributed by atoms with Gasteiger partial charge < -0.3 is 9.84 Å². The lowest BCUT2D eigenvalue weighted by Crippen LogP contribution is -2.33. The summed E-state index contributed by atoms with van der Waals surface area (Å²) in [5.74, 6) is -1.77. The van der Waals surface area contributed by atoms with Gasteiger partial charge in [-0.25, -0.2) is 12.7 Å². The molecule has 0 aromatic heterocycles. The molecule has 1 aliphatic rings. The predicted octanol–water partition coefficient (Wildman–Crippen LogP) is -0.385. The molecule has 1 N–H and O–H groups in total. The van der Waals surface area contributed by atoms with E-state index in [1.165, 1.54) is 11.4 Å². The van der Waals surface area contributed by atoms with Crippen molar-refractivity contribution >= 4 is 16.0 Å². The van der Waals surface area contributed by atoms with E-state index in [2.05, 4.69) is 0 Å². The van der Waals surface area contributed by atoms with E-state index < -0.39 is 21.9 Å². The molecule has 1 rings (SSSR count). The maximum Gasteiger partial charge on any atom is 0.308 e. The molecular weight excluding hydrogens is 234 g/mol. The Morgan fingerprint density at radius 1 is 1.50 bits per heavy atom. The number of aliphatic carboxylic acids is 1. The van der Waals surface area contributed by atoms with Crippen LogP contribution >= 0.6 is 0 Å². The maximum absolute atomic E-state index is 11.8. The molecule has 1 heterocycles. The number of ether oxygens (including phenoxy) is 1. The summed E-state index contributed by atoms with van der Waals surface area (Å²) < 4.78 is 29.5. The van der Waals surface area contributed by atoms with E-state index in [4.69, 9.17) is 9.84 Å². The molecule has 94 valence electrons. The van der Waals surface area contributed by atoms with Gasteiger partial charge in [0, 0.05) is 20.2 Å². The summed E-state index contributed by atoms with van der Waals surface area (Å²) in [5.41, 5.74) is 0. The minimum atomic E-state index is -3.38. The van der Waals surface area contributed by atoms with Gasteiger partial charge in [0.05, 0.1) is 18.3 Å². The molecule has 0 amide bonds. The lowest BCUT2D eigenvalue weighted by atomic mass is 9.99. The summed E-state index contributed by atoms with van der Waals surface area (Å²) in [6.45, 7) is 2.24. The summed E-state index contributed by atoms with van der Waals surface area (Å²) in [6.07, 6.45) is 0. The minimum Gasteiger partial charge on any atom is -0.481 e. The van der Waals surface area contributed by atoms with Crippen LogP contribution in [0.5, 0.6) is 0 Å². The third-order valence-corrected chi connectivity index (χ3v) is 4.60. The van der Waals surface area contributed by atoms with Gasteiger partial charge in [0.25, 0.3) is 0 Å². The first-order valence-corrected chi connectivity index (χ1v) is 6.69. The number of carbonyl (C=O) groups is 1. The molecule has 0 aromatic carbocycles. The number of carboxylic acids is 1. The van der Waals surface area contributed by atoms with E-state index >= 15 is 0 Å².